The van der Waals surface area contributed by atoms with Crippen LogP contribution in [-0.4, -0.2) is 37.6 Å². The molecule has 1 aromatic rings. The zero-order chi connectivity index (χ0) is 13.1. The average Bonchev–Trinajstić information content (AvgIpc) is 2.97. The summed E-state index contributed by atoms with van der Waals surface area (Å²) in [6.07, 6.45) is 0.539. The Labute approximate surface area is 126 Å². The van der Waals surface area contributed by atoms with Crippen molar-refractivity contribution in [3.8, 4) is 0 Å². The van der Waals surface area contributed by atoms with Gasteiger partial charge in [0.25, 0.3) is 5.91 Å². The predicted molar refractivity (Wildman–Crippen MR) is 76.3 cm³/mol. The summed E-state index contributed by atoms with van der Waals surface area (Å²) in [6, 6.07) is 2.96. The van der Waals surface area contributed by atoms with E-state index < -0.39 is 0 Å². The molecule has 1 fully saturated rings. The van der Waals surface area contributed by atoms with Crippen molar-refractivity contribution in [2.75, 3.05) is 13.7 Å². The zero-order valence-corrected chi connectivity index (χ0v) is 12.5. The number of hydrogen-bond acceptors (Lipinski definition) is 5. The normalized spacial score (nSPS) is 21.6. The molecule has 2 atom stereocenters. The van der Waals surface area contributed by atoms with Gasteiger partial charge in [0.2, 0.25) is 0 Å². The molecule has 0 aliphatic carbocycles. The van der Waals surface area contributed by atoms with Crippen molar-refractivity contribution in [3.05, 3.63) is 21.3 Å². The van der Waals surface area contributed by atoms with Gasteiger partial charge in [-0.25, -0.2) is 0 Å². The van der Waals surface area contributed by atoms with Gasteiger partial charge in [-0.1, -0.05) is 11.6 Å². The smallest absolute Gasteiger partial charge is 0.322 e. The Morgan fingerprint density at radius 1 is 1.53 bits per heavy atom. The van der Waals surface area contributed by atoms with Gasteiger partial charge in [0, 0.05) is 12.6 Å². The maximum absolute atomic E-state index is 11.9. The number of nitrogens with one attached hydrogen (secondary N) is 2. The number of ether oxygens (including phenoxy) is 1. The summed E-state index contributed by atoms with van der Waals surface area (Å²) in [5, 5.41) is 5.87. The van der Waals surface area contributed by atoms with Gasteiger partial charge in [0.15, 0.2) is 0 Å². The third kappa shape index (κ3) is 4.07. The summed E-state index contributed by atoms with van der Waals surface area (Å²) < 4.78 is 5.23. The van der Waals surface area contributed by atoms with Gasteiger partial charge in [-0.3, -0.25) is 9.59 Å². The second-order valence-electron chi connectivity index (χ2n) is 3.99. The van der Waals surface area contributed by atoms with Crippen LogP contribution in [0.2, 0.25) is 4.34 Å². The molecule has 1 aliphatic heterocycles. The van der Waals surface area contributed by atoms with E-state index in [1.54, 1.807) is 12.1 Å². The molecule has 1 saturated heterocycles. The van der Waals surface area contributed by atoms with Gasteiger partial charge in [0.1, 0.15) is 6.04 Å². The van der Waals surface area contributed by atoms with Gasteiger partial charge in [-0.2, -0.15) is 0 Å². The summed E-state index contributed by atoms with van der Waals surface area (Å²) in [6.45, 7) is 0.560. The fraction of sp³-hybridized carbons (Fsp3) is 0.455. The van der Waals surface area contributed by atoms with E-state index in [1.807, 2.05) is 0 Å². The number of esters is 1. The van der Waals surface area contributed by atoms with Crippen LogP contribution in [0.3, 0.4) is 0 Å². The van der Waals surface area contributed by atoms with E-state index in [4.69, 9.17) is 11.6 Å². The molecule has 1 aromatic heterocycles. The highest BCUT2D eigenvalue weighted by Crippen LogP contribution is 2.21. The van der Waals surface area contributed by atoms with Gasteiger partial charge < -0.3 is 15.4 Å². The number of rotatable bonds is 3. The maximum atomic E-state index is 11.9. The van der Waals surface area contributed by atoms with Crippen molar-refractivity contribution >= 4 is 47.2 Å². The molecular weight excluding hydrogens is 311 g/mol. The largest absolute Gasteiger partial charge is 0.468 e. The molecule has 2 rings (SSSR count). The standard InChI is InChI=1S/C11H13ClN2O3S.ClH/c1-17-11(16)7-4-6(5-13-7)14-10(15)8-2-3-9(12)18-8;/h2-3,6-7,13H,4-5H2,1H3,(H,14,15);1H/t6-,7+;/m1./s1. The first-order valence-electron chi connectivity index (χ1n) is 5.47. The molecular formula is C11H14Cl2N2O3S. The highest BCUT2D eigenvalue weighted by Gasteiger charge is 2.31. The summed E-state index contributed by atoms with van der Waals surface area (Å²) in [4.78, 5) is 23.7. The number of thiophene rings is 1. The average molecular weight is 325 g/mol. The van der Waals surface area contributed by atoms with E-state index in [0.717, 1.165) is 0 Å². The van der Waals surface area contributed by atoms with E-state index >= 15 is 0 Å². The molecule has 0 bridgehead atoms. The molecule has 2 heterocycles. The number of amides is 1. The van der Waals surface area contributed by atoms with Crippen LogP contribution in [0.4, 0.5) is 0 Å². The topological polar surface area (TPSA) is 67.4 Å². The SMILES string of the molecule is COC(=O)[C@@H]1C[C@@H](NC(=O)c2ccc(Cl)s2)CN1.Cl. The molecule has 106 valence electrons. The second-order valence-corrected chi connectivity index (χ2v) is 5.71. The Balaban J connectivity index is 0.00000180. The first kappa shape index (κ1) is 16.2. The lowest BCUT2D eigenvalue weighted by Gasteiger charge is -2.10. The van der Waals surface area contributed by atoms with Gasteiger partial charge in [0.05, 0.1) is 16.3 Å². The minimum Gasteiger partial charge on any atom is -0.468 e. The molecule has 2 N–H and O–H groups in total. The zero-order valence-electron chi connectivity index (χ0n) is 10.1. The molecule has 1 aliphatic rings. The van der Waals surface area contributed by atoms with Crippen LogP contribution in [-0.2, 0) is 9.53 Å². The van der Waals surface area contributed by atoms with E-state index in [9.17, 15) is 9.59 Å². The van der Waals surface area contributed by atoms with Crippen LogP contribution in [0.1, 0.15) is 16.1 Å². The van der Waals surface area contributed by atoms with Crippen molar-refractivity contribution < 1.29 is 14.3 Å². The summed E-state index contributed by atoms with van der Waals surface area (Å²) >= 11 is 7.00. The molecule has 0 saturated carbocycles. The van der Waals surface area contributed by atoms with Gasteiger partial charge in [-0.05, 0) is 18.6 Å². The summed E-state index contributed by atoms with van der Waals surface area (Å²) in [7, 11) is 1.35. The number of halogens is 2. The van der Waals surface area contributed by atoms with E-state index in [0.29, 0.717) is 22.2 Å². The highest BCUT2D eigenvalue weighted by molar-refractivity contribution is 7.17. The third-order valence-electron chi connectivity index (χ3n) is 2.75. The van der Waals surface area contributed by atoms with Crippen molar-refractivity contribution in [1.82, 2.24) is 10.6 Å². The Bertz CT molecular complexity index is 467. The molecule has 8 heteroatoms. The fourth-order valence-corrected chi connectivity index (χ4v) is 2.81. The minimum absolute atomic E-state index is 0. The monoisotopic (exact) mass is 324 g/mol. The van der Waals surface area contributed by atoms with Crippen LogP contribution in [0.5, 0.6) is 0 Å². The number of carbonyl (C=O) groups is 2. The van der Waals surface area contributed by atoms with Crippen LogP contribution in [0, 0.1) is 0 Å². The predicted octanol–water partition coefficient (Wildman–Crippen LogP) is 1.46. The molecule has 0 aromatic carbocycles. The molecule has 0 spiro atoms. The first-order valence-corrected chi connectivity index (χ1v) is 6.67. The van der Waals surface area contributed by atoms with E-state index in [2.05, 4.69) is 15.4 Å². The van der Waals surface area contributed by atoms with Crippen LogP contribution < -0.4 is 10.6 Å². The van der Waals surface area contributed by atoms with E-state index in [-0.39, 0.29) is 36.4 Å². The Hall–Kier alpha value is -0.820. The van der Waals surface area contributed by atoms with Crippen molar-refractivity contribution in [3.63, 3.8) is 0 Å². The van der Waals surface area contributed by atoms with Crippen LogP contribution in [0.15, 0.2) is 12.1 Å². The highest BCUT2D eigenvalue weighted by atomic mass is 35.5. The third-order valence-corrected chi connectivity index (χ3v) is 3.98. The summed E-state index contributed by atoms with van der Waals surface area (Å²) in [5.74, 6) is -0.463. The lowest BCUT2D eigenvalue weighted by molar-refractivity contribution is -0.142. The molecule has 5 nitrogen and oxygen atoms in total. The van der Waals surface area contributed by atoms with Gasteiger partial charge >= 0.3 is 5.97 Å². The van der Waals surface area contributed by atoms with Crippen molar-refractivity contribution in [2.45, 2.75) is 18.5 Å². The first-order chi connectivity index (χ1) is 8.60. The number of hydrogen-bond donors (Lipinski definition) is 2. The lowest BCUT2D eigenvalue weighted by atomic mass is 10.1. The quantitative estimate of drug-likeness (QED) is 0.826. The van der Waals surface area contributed by atoms with Crippen LogP contribution >= 0.6 is 35.3 Å². The maximum Gasteiger partial charge on any atom is 0.322 e. The molecule has 0 radical (unpaired) electrons. The van der Waals surface area contributed by atoms with Gasteiger partial charge in [-0.15, -0.1) is 23.7 Å². The van der Waals surface area contributed by atoms with E-state index in [1.165, 1.54) is 18.4 Å². The van der Waals surface area contributed by atoms with Crippen molar-refractivity contribution in [1.29, 1.82) is 0 Å². The van der Waals surface area contributed by atoms with Crippen LogP contribution in [0.25, 0.3) is 0 Å². The second kappa shape index (κ2) is 7.09. The Morgan fingerprint density at radius 2 is 2.26 bits per heavy atom. The molecule has 19 heavy (non-hydrogen) atoms. The molecule has 0 unspecified atom stereocenters. The lowest BCUT2D eigenvalue weighted by Crippen LogP contribution is -2.35. The fourth-order valence-electron chi connectivity index (χ4n) is 1.86. The number of methoxy groups -OCH3 is 1. The Morgan fingerprint density at radius 3 is 2.84 bits per heavy atom. The minimum atomic E-state index is -0.341. The summed E-state index contributed by atoms with van der Waals surface area (Å²) in [5.41, 5.74) is 0. The Kier molecular flexibility index (Phi) is 6.06. The number of carbonyl (C=O) groups excluding carboxylic acids is 2. The van der Waals surface area contributed by atoms with Crippen molar-refractivity contribution in [2.24, 2.45) is 0 Å². The molecule has 1 amide bonds.